The lowest BCUT2D eigenvalue weighted by atomic mass is 9.97. The molecule has 0 atom stereocenters. The van der Waals surface area contributed by atoms with Crippen LogP contribution in [0.25, 0.3) is 0 Å². The Balaban J connectivity index is 1.38. The van der Waals surface area contributed by atoms with E-state index in [1.807, 2.05) is 37.3 Å². The number of methoxy groups -OCH3 is 2. The summed E-state index contributed by atoms with van der Waals surface area (Å²) in [4.78, 5) is 14.4. The second kappa shape index (κ2) is 9.95. The lowest BCUT2D eigenvalue weighted by Gasteiger charge is -2.32. The molecule has 156 valence electrons. The third kappa shape index (κ3) is 5.73. The van der Waals surface area contributed by atoms with Gasteiger partial charge in [-0.25, -0.2) is 4.79 Å². The highest BCUT2D eigenvalue weighted by atomic mass is 16.5. The Labute approximate surface area is 171 Å². The molecular weight excluding hydrogens is 370 g/mol. The Hall–Kier alpha value is -3.03. The normalized spacial score (nSPS) is 14.4. The molecule has 1 fully saturated rings. The molecule has 0 unspecified atom stereocenters. The summed E-state index contributed by atoms with van der Waals surface area (Å²) < 4.78 is 10.5. The predicted molar refractivity (Wildman–Crippen MR) is 111 cm³/mol. The summed E-state index contributed by atoms with van der Waals surface area (Å²) in [5.74, 6) is 2.71. The predicted octanol–water partition coefficient (Wildman–Crippen LogP) is 2.52. The van der Waals surface area contributed by atoms with Crippen LogP contribution in [0.2, 0.25) is 0 Å². The molecule has 0 saturated carbocycles. The Kier molecular flexibility index (Phi) is 7.10. The lowest BCUT2D eigenvalue weighted by Crippen LogP contribution is -2.42. The number of carbonyl (C=O) groups is 1. The van der Waals surface area contributed by atoms with Gasteiger partial charge in [-0.15, -0.1) is 5.10 Å². The molecule has 29 heavy (non-hydrogen) atoms. The van der Waals surface area contributed by atoms with E-state index in [0.29, 0.717) is 30.5 Å². The van der Waals surface area contributed by atoms with Crippen LogP contribution < -0.4 is 25.0 Å². The largest absolute Gasteiger partial charge is 0.493 e. The summed E-state index contributed by atoms with van der Waals surface area (Å²) in [6.07, 6.45) is 2.04. The summed E-state index contributed by atoms with van der Waals surface area (Å²) in [6.45, 7) is 4.89. The second-order valence-electron chi connectivity index (χ2n) is 7.22. The molecular formula is C21H29N5O3. The standard InChI is InChI=1S/C21H29N5O3/c1-15-4-7-20(25-24-15)26-10-8-16(9-11-26)13-22-21(27)23-14-17-5-6-18(28-2)19(12-17)29-3/h4-7,12,16H,8-11,13-14H2,1-3H3,(H2,22,23,27). The van der Waals surface area contributed by atoms with Crippen LogP contribution in [0.5, 0.6) is 11.5 Å². The Morgan fingerprint density at radius 1 is 1.07 bits per heavy atom. The zero-order chi connectivity index (χ0) is 20.6. The average molecular weight is 399 g/mol. The number of piperidine rings is 1. The third-order valence-electron chi connectivity index (χ3n) is 5.17. The molecule has 0 aliphatic carbocycles. The molecule has 8 nitrogen and oxygen atoms in total. The van der Waals surface area contributed by atoms with Crippen LogP contribution >= 0.6 is 0 Å². The first-order valence-electron chi connectivity index (χ1n) is 9.87. The van der Waals surface area contributed by atoms with Crippen molar-refractivity contribution in [1.29, 1.82) is 0 Å². The van der Waals surface area contributed by atoms with Crippen molar-refractivity contribution in [1.82, 2.24) is 20.8 Å². The Morgan fingerprint density at radius 2 is 1.83 bits per heavy atom. The first kappa shape index (κ1) is 20.7. The Morgan fingerprint density at radius 3 is 2.48 bits per heavy atom. The number of anilines is 1. The Bertz CT molecular complexity index is 804. The summed E-state index contributed by atoms with van der Waals surface area (Å²) in [5.41, 5.74) is 1.87. The highest BCUT2D eigenvalue weighted by molar-refractivity contribution is 5.73. The van der Waals surface area contributed by atoms with E-state index in [4.69, 9.17) is 9.47 Å². The summed E-state index contributed by atoms with van der Waals surface area (Å²) in [7, 11) is 3.19. The van der Waals surface area contributed by atoms with E-state index in [1.165, 1.54) is 0 Å². The maximum Gasteiger partial charge on any atom is 0.315 e. The maximum atomic E-state index is 12.1. The molecule has 1 aliphatic heterocycles. The molecule has 2 aromatic rings. The van der Waals surface area contributed by atoms with Gasteiger partial charge in [0.15, 0.2) is 17.3 Å². The van der Waals surface area contributed by atoms with Crippen molar-refractivity contribution in [2.75, 3.05) is 38.8 Å². The average Bonchev–Trinajstić information content (AvgIpc) is 2.77. The zero-order valence-electron chi connectivity index (χ0n) is 17.3. The molecule has 2 amide bonds. The van der Waals surface area contributed by atoms with Crippen molar-refractivity contribution in [3.8, 4) is 11.5 Å². The number of benzene rings is 1. The third-order valence-corrected chi connectivity index (χ3v) is 5.17. The zero-order valence-corrected chi connectivity index (χ0v) is 17.3. The van der Waals surface area contributed by atoms with Gasteiger partial charge in [-0.3, -0.25) is 0 Å². The molecule has 1 aromatic carbocycles. The van der Waals surface area contributed by atoms with Crippen LogP contribution in [0.4, 0.5) is 10.6 Å². The van der Waals surface area contributed by atoms with E-state index in [-0.39, 0.29) is 6.03 Å². The minimum absolute atomic E-state index is 0.161. The van der Waals surface area contributed by atoms with Crippen molar-refractivity contribution < 1.29 is 14.3 Å². The maximum absolute atomic E-state index is 12.1. The van der Waals surface area contributed by atoms with Gasteiger partial charge in [0, 0.05) is 26.2 Å². The van der Waals surface area contributed by atoms with Crippen LogP contribution in [0, 0.1) is 12.8 Å². The van der Waals surface area contributed by atoms with Crippen LogP contribution in [-0.4, -0.2) is 50.1 Å². The van der Waals surface area contributed by atoms with Gasteiger partial charge < -0.3 is 25.0 Å². The smallest absolute Gasteiger partial charge is 0.315 e. The first-order chi connectivity index (χ1) is 14.1. The fourth-order valence-corrected chi connectivity index (χ4v) is 3.40. The number of rotatable bonds is 7. The fourth-order valence-electron chi connectivity index (χ4n) is 3.40. The quantitative estimate of drug-likeness (QED) is 0.744. The molecule has 0 radical (unpaired) electrons. The molecule has 1 aliphatic rings. The van der Waals surface area contributed by atoms with Gasteiger partial charge in [-0.05, 0) is 55.5 Å². The molecule has 3 rings (SSSR count). The number of aromatic nitrogens is 2. The molecule has 2 N–H and O–H groups in total. The van der Waals surface area contributed by atoms with E-state index < -0.39 is 0 Å². The number of urea groups is 1. The number of nitrogens with one attached hydrogen (secondary N) is 2. The van der Waals surface area contributed by atoms with Crippen LogP contribution in [-0.2, 0) is 6.54 Å². The van der Waals surface area contributed by atoms with E-state index in [0.717, 1.165) is 43.0 Å². The van der Waals surface area contributed by atoms with Gasteiger partial charge in [-0.2, -0.15) is 5.10 Å². The van der Waals surface area contributed by atoms with E-state index in [1.54, 1.807) is 14.2 Å². The number of hydrogen-bond acceptors (Lipinski definition) is 6. The molecule has 8 heteroatoms. The van der Waals surface area contributed by atoms with Crippen molar-refractivity contribution in [2.24, 2.45) is 5.92 Å². The molecule has 1 saturated heterocycles. The second-order valence-corrected chi connectivity index (χ2v) is 7.22. The number of hydrogen-bond donors (Lipinski definition) is 2. The van der Waals surface area contributed by atoms with Gasteiger partial charge in [0.1, 0.15) is 0 Å². The molecule has 0 bridgehead atoms. The van der Waals surface area contributed by atoms with E-state index in [2.05, 4.69) is 25.7 Å². The van der Waals surface area contributed by atoms with Crippen molar-refractivity contribution in [3.63, 3.8) is 0 Å². The summed E-state index contributed by atoms with van der Waals surface area (Å²) >= 11 is 0. The minimum atomic E-state index is -0.161. The minimum Gasteiger partial charge on any atom is -0.493 e. The summed E-state index contributed by atoms with van der Waals surface area (Å²) in [5, 5.41) is 14.3. The van der Waals surface area contributed by atoms with Crippen LogP contribution in [0.3, 0.4) is 0 Å². The topological polar surface area (TPSA) is 88.6 Å². The number of aryl methyl sites for hydroxylation is 1. The van der Waals surface area contributed by atoms with E-state index >= 15 is 0 Å². The van der Waals surface area contributed by atoms with Crippen molar-refractivity contribution in [3.05, 3.63) is 41.6 Å². The molecule has 1 aromatic heterocycles. The number of nitrogens with zero attached hydrogens (tertiary/aromatic N) is 3. The number of carbonyl (C=O) groups excluding carboxylic acids is 1. The first-order valence-corrected chi connectivity index (χ1v) is 9.87. The van der Waals surface area contributed by atoms with Crippen LogP contribution in [0.1, 0.15) is 24.1 Å². The van der Waals surface area contributed by atoms with Gasteiger partial charge in [0.25, 0.3) is 0 Å². The van der Waals surface area contributed by atoms with Crippen molar-refractivity contribution >= 4 is 11.8 Å². The fraction of sp³-hybridized carbons (Fsp3) is 0.476. The van der Waals surface area contributed by atoms with Crippen molar-refractivity contribution in [2.45, 2.75) is 26.3 Å². The highest BCUT2D eigenvalue weighted by Crippen LogP contribution is 2.27. The lowest BCUT2D eigenvalue weighted by molar-refractivity contribution is 0.237. The highest BCUT2D eigenvalue weighted by Gasteiger charge is 2.20. The van der Waals surface area contributed by atoms with Gasteiger partial charge in [-0.1, -0.05) is 6.07 Å². The van der Waals surface area contributed by atoms with Gasteiger partial charge in [0.2, 0.25) is 0 Å². The monoisotopic (exact) mass is 399 g/mol. The molecule has 0 spiro atoms. The van der Waals surface area contributed by atoms with Gasteiger partial charge in [0.05, 0.1) is 19.9 Å². The number of ether oxygens (including phenoxy) is 2. The number of amides is 2. The van der Waals surface area contributed by atoms with E-state index in [9.17, 15) is 4.79 Å². The van der Waals surface area contributed by atoms with Gasteiger partial charge >= 0.3 is 6.03 Å². The van der Waals surface area contributed by atoms with Crippen LogP contribution in [0.15, 0.2) is 30.3 Å². The molecule has 2 heterocycles. The summed E-state index contributed by atoms with van der Waals surface area (Å²) in [6, 6.07) is 9.45. The SMILES string of the molecule is COc1ccc(CNC(=O)NCC2CCN(c3ccc(C)nn3)CC2)cc1OC.